The van der Waals surface area contributed by atoms with E-state index < -0.39 is 23.7 Å². The fourth-order valence-corrected chi connectivity index (χ4v) is 5.98. The Kier molecular flexibility index (Phi) is 6.95. The quantitative estimate of drug-likeness (QED) is 0.509. The number of nitrogens with one attached hydrogen (secondary N) is 2. The number of carbonyl (C=O) groups excluding carboxylic acids is 3. The minimum Gasteiger partial charge on any atom is -0.349 e. The number of fused-ring (bicyclic) bond motifs is 2. The summed E-state index contributed by atoms with van der Waals surface area (Å²) in [5.74, 6) is -0.687. The molecule has 0 saturated carbocycles. The Hall–Kier alpha value is -3.75. The van der Waals surface area contributed by atoms with Gasteiger partial charge in [-0.15, -0.1) is 5.10 Å². The molecule has 2 heterocycles. The van der Waals surface area contributed by atoms with E-state index in [-0.39, 0.29) is 29.6 Å². The van der Waals surface area contributed by atoms with Crippen molar-refractivity contribution in [2.45, 2.75) is 77.5 Å². The molecule has 0 spiro atoms. The van der Waals surface area contributed by atoms with Crippen LogP contribution in [-0.4, -0.2) is 55.2 Å². The number of rotatable bonds is 6. The molecule has 0 bridgehead atoms. The van der Waals surface area contributed by atoms with Crippen LogP contribution in [0.15, 0.2) is 42.5 Å². The number of piperazine rings is 1. The van der Waals surface area contributed by atoms with E-state index in [2.05, 4.69) is 33.1 Å². The zero-order chi connectivity index (χ0) is 28.1. The first kappa shape index (κ1) is 26.8. The zero-order valence-corrected chi connectivity index (χ0v) is 23.6. The van der Waals surface area contributed by atoms with Gasteiger partial charge in [-0.1, -0.05) is 49.4 Å². The van der Waals surface area contributed by atoms with Gasteiger partial charge in [0.2, 0.25) is 17.7 Å². The average Bonchev–Trinajstić information content (AvgIpc) is 3.45. The van der Waals surface area contributed by atoms with E-state index in [1.807, 2.05) is 65.0 Å². The van der Waals surface area contributed by atoms with Crippen LogP contribution in [0.25, 0.3) is 11.0 Å². The Morgan fingerprint density at radius 2 is 1.77 bits per heavy atom. The minimum absolute atomic E-state index is 0.0739. The number of benzene rings is 2. The summed E-state index contributed by atoms with van der Waals surface area (Å²) in [5, 5.41) is 14.5. The van der Waals surface area contributed by atoms with Crippen LogP contribution in [0.4, 0.5) is 0 Å². The van der Waals surface area contributed by atoms with Crippen molar-refractivity contribution in [3.05, 3.63) is 59.2 Å². The minimum atomic E-state index is -0.996. The van der Waals surface area contributed by atoms with Crippen LogP contribution >= 0.6 is 0 Å². The van der Waals surface area contributed by atoms with Gasteiger partial charge in [-0.3, -0.25) is 14.4 Å². The van der Waals surface area contributed by atoms with Crippen molar-refractivity contribution in [2.75, 3.05) is 0 Å². The molecule has 1 fully saturated rings. The molecule has 0 radical (unpaired) electrons. The molecule has 2 aliphatic rings. The largest absolute Gasteiger partial charge is 0.349 e. The first-order chi connectivity index (χ1) is 18.4. The van der Waals surface area contributed by atoms with Gasteiger partial charge in [0.15, 0.2) is 0 Å². The monoisotopic (exact) mass is 530 g/mol. The molecule has 5 rings (SSSR count). The molecule has 0 unspecified atom stereocenters. The number of aromatic nitrogens is 3. The summed E-state index contributed by atoms with van der Waals surface area (Å²) in [6.07, 6.45) is 1.86. The average molecular weight is 531 g/mol. The van der Waals surface area contributed by atoms with Gasteiger partial charge in [0.25, 0.3) is 0 Å². The van der Waals surface area contributed by atoms with Crippen LogP contribution in [0.3, 0.4) is 0 Å². The molecule has 9 nitrogen and oxygen atoms in total. The van der Waals surface area contributed by atoms with Crippen molar-refractivity contribution < 1.29 is 14.4 Å². The van der Waals surface area contributed by atoms with Gasteiger partial charge in [0, 0.05) is 12.6 Å². The zero-order valence-electron chi connectivity index (χ0n) is 23.6. The van der Waals surface area contributed by atoms with Crippen molar-refractivity contribution in [1.29, 1.82) is 0 Å². The lowest BCUT2D eigenvalue weighted by molar-refractivity contribution is -0.158. The summed E-state index contributed by atoms with van der Waals surface area (Å²) in [4.78, 5) is 43.7. The van der Waals surface area contributed by atoms with Gasteiger partial charge >= 0.3 is 0 Å². The van der Waals surface area contributed by atoms with E-state index in [1.54, 1.807) is 16.6 Å². The van der Waals surface area contributed by atoms with E-state index in [4.69, 9.17) is 0 Å². The summed E-state index contributed by atoms with van der Waals surface area (Å²) in [6, 6.07) is 11.2. The molecule has 1 aromatic heterocycles. The van der Waals surface area contributed by atoms with Gasteiger partial charge in [0.1, 0.15) is 23.6 Å². The third kappa shape index (κ3) is 5.27. The Morgan fingerprint density at radius 1 is 1.10 bits per heavy atom. The van der Waals surface area contributed by atoms with E-state index in [1.165, 1.54) is 11.1 Å². The third-order valence-corrected chi connectivity index (χ3v) is 7.68. The van der Waals surface area contributed by atoms with Crippen LogP contribution in [-0.2, 0) is 34.3 Å². The predicted molar refractivity (Wildman–Crippen MR) is 149 cm³/mol. The topological polar surface area (TPSA) is 109 Å². The Balaban J connectivity index is 1.59. The summed E-state index contributed by atoms with van der Waals surface area (Å²) in [5.41, 5.74) is 3.92. The molecule has 1 saturated heterocycles. The van der Waals surface area contributed by atoms with Gasteiger partial charge < -0.3 is 15.5 Å². The maximum Gasteiger partial charge on any atom is 0.247 e. The Bertz CT molecular complexity index is 1400. The van der Waals surface area contributed by atoms with Crippen molar-refractivity contribution in [3.63, 3.8) is 0 Å². The van der Waals surface area contributed by atoms with Crippen LogP contribution in [0.2, 0.25) is 0 Å². The first-order valence-electron chi connectivity index (χ1n) is 13.7. The summed E-state index contributed by atoms with van der Waals surface area (Å²) in [7, 11) is 1.81. The fraction of sp³-hybridized carbons (Fsp3) is 0.500. The highest BCUT2D eigenvalue weighted by molar-refractivity contribution is 6.00. The van der Waals surface area contributed by atoms with Crippen molar-refractivity contribution in [1.82, 2.24) is 30.5 Å². The molecule has 1 aliphatic heterocycles. The lowest BCUT2D eigenvalue weighted by Gasteiger charge is -2.45. The second-order valence-corrected chi connectivity index (χ2v) is 12.4. The highest BCUT2D eigenvalue weighted by atomic mass is 16.2. The van der Waals surface area contributed by atoms with Gasteiger partial charge in [0.05, 0.1) is 5.52 Å². The maximum atomic E-state index is 14.5. The van der Waals surface area contributed by atoms with Gasteiger partial charge in [-0.25, -0.2) is 4.68 Å². The van der Waals surface area contributed by atoms with E-state index in [9.17, 15) is 14.4 Å². The Labute approximate surface area is 229 Å². The van der Waals surface area contributed by atoms with E-state index >= 15 is 0 Å². The lowest BCUT2D eigenvalue weighted by Crippen LogP contribution is -2.67. The number of hydrogen-bond acceptors (Lipinski definition) is 5. The normalized spacial score (nSPS) is 20.8. The maximum absolute atomic E-state index is 14.5. The second kappa shape index (κ2) is 10.1. The standard InChI is InChI=1S/C30H38N6O3/c1-17(2)13-24-27(37)31-25(21-14-18-9-7-8-10-19(18)15-21)29(39)36(24)26(28(38)32-30(3,4)5)20-11-12-23-22(16-20)33-34-35(23)6/h7-12,16-17,21,24-26H,13-15H2,1-6H3,(H,31,37)(H,32,38)/t24-,25-,26-/m1/s1. The number of hydrogen-bond donors (Lipinski definition) is 2. The molecular formula is C30H38N6O3. The Morgan fingerprint density at radius 3 is 2.38 bits per heavy atom. The van der Waals surface area contributed by atoms with Crippen LogP contribution in [0.5, 0.6) is 0 Å². The van der Waals surface area contributed by atoms with Gasteiger partial charge in [-0.05, 0) is 80.7 Å². The predicted octanol–water partition coefficient (Wildman–Crippen LogP) is 3.08. The van der Waals surface area contributed by atoms with Crippen LogP contribution in [0.1, 0.15) is 63.8 Å². The molecule has 2 aromatic carbocycles. The van der Waals surface area contributed by atoms with Crippen molar-refractivity contribution >= 4 is 28.8 Å². The molecule has 1 aliphatic carbocycles. The van der Waals surface area contributed by atoms with Crippen molar-refractivity contribution in [3.8, 4) is 0 Å². The second-order valence-electron chi connectivity index (χ2n) is 12.4. The SMILES string of the molecule is CC(C)C[C@@H]1C(=O)N[C@H](C2Cc3ccccc3C2)C(=O)N1[C@@H](C(=O)NC(C)(C)C)c1ccc2c(c1)nnn2C. The summed E-state index contributed by atoms with van der Waals surface area (Å²) < 4.78 is 1.66. The third-order valence-electron chi connectivity index (χ3n) is 7.68. The summed E-state index contributed by atoms with van der Waals surface area (Å²) in [6.45, 7) is 9.76. The van der Waals surface area contributed by atoms with E-state index in [0.717, 1.165) is 5.52 Å². The fourth-order valence-electron chi connectivity index (χ4n) is 5.98. The van der Waals surface area contributed by atoms with Crippen LogP contribution in [0, 0.1) is 11.8 Å². The lowest BCUT2D eigenvalue weighted by atomic mass is 9.87. The molecule has 3 aromatic rings. The molecule has 3 atom stereocenters. The number of nitrogens with zero attached hydrogens (tertiary/aromatic N) is 4. The smallest absolute Gasteiger partial charge is 0.247 e. The van der Waals surface area contributed by atoms with Crippen LogP contribution < -0.4 is 10.6 Å². The molecule has 9 heteroatoms. The summed E-state index contributed by atoms with van der Waals surface area (Å²) >= 11 is 0. The van der Waals surface area contributed by atoms with Crippen molar-refractivity contribution in [2.24, 2.45) is 18.9 Å². The molecule has 2 N–H and O–H groups in total. The molecule has 39 heavy (non-hydrogen) atoms. The highest BCUT2D eigenvalue weighted by Crippen LogP contribution is 2.36. The first-order valence-corrected chi connectivity index (χ1v) is 13.7. The molecule has 3 amide bonds. The van der Waals surface area contributed by atoms with Gasteiger partial charge in [-0.2, -0.15) is 0 Å². The number of amides is 3. The number of carbonyl (C=O) groups is 3. The number of aryl methyl sites for hydroxylation is 1. The highest BCUT2D eigenvalue weighted by Gasteiger charge is 2.49. The van der Waals surface area contributed by atoms with E-state index in [0.29, 0.717) is 30.3 Å². The molecule has 206 valence electrons. The molecular weight excluding hydrogens is 492 g/mol.